The lowest BCUT2D eigenvalue weighted by Crippen LogP contribution is -2.16. The van der Waals surface area contributed by atoms with Crippen molar-refractivity contribution in [2.75, 3.05) is 6.61 Å². The van der Waals surface area contributed by atoms with Gasteiger partial charge in [0.2, 0.25) is 0 Å². The second-order valence-electron chi connectivity index (χ2n) is 4.66. The van der Waals surface area contributed by atoms with E-state index in [2.05, 4.69) is 12.2 Å². The third-order valence-corrected chi connectivity index (χ3v) is 3.62. The van der Waals surface area contributed by atoms with Crippen molar-refractivity contribution >= 4 is 0 Å². The second-order valence-corrected chi connectivity index (χ2v) is 4.66. The molecule has 78 valence electrons. The first-order chi connectivity index (χ1) is 7.42. The maximum absolute atomic E-state index is 5.81. The Labute approximate surface area is 90.8 Å². The van der Waals surface area contributed by atoms with Crippen LogP contribution in [-0.4, -0.2) is 6.61 Å². The monoisotopic (exact) mass is 200 g/mol. The predicted molar refractivity (Wildman–Crippen MR) is 60.8 cm³/mol. The summed E-state index contributed by atoms with van der Waals surface area (Å²) in [5, 5.41) is 0. The highest BCUT2D eigenvalue weighted by atomic mass is 16.5. The molecule has 2 bridgehead atoms. The van der Waals surface area contributed by atoms with Crippen LogP contribution in [0.15, 0.2) is 42.5 Å². The van der Waals surface area contributed by atoms with Crippen molar-refractivity contribution in [3.63, 3.8) is 0 Å². The fourth-order valence-electron chi connectivity index (χ4n) is 2.81. The van der Waals surface area contributed by atoms with Crippen LogP contribution in [0.1, 0.15) is 12.8 Å². The van der Waals surface area contributed by atoms with Crippen LogP contribution in [0, 0.1) is 17.8 Å². The van der Waals surface area contributed by atoms with E-state index in [1.807, 2.05) is 30.3 Å². The van der Waals surface area contributed by atoms with Gasteiger partial charge in [0.25, 0.3) is 0 Å². The predicted octanol–water partition coefficient (Wildman–Crippen LogP) is 3.28. The summed E-state index contributed by atoms with van der Waals surface area (Å²) in [6, 6.07) is 10.1. The zero-order valence-electron chi connectivity index (χ0n) is 8.80. The van der Waals surface area contributed by atoms with Crippen molar-refractivity contribution in [2.24, 2.45) is 17.8 Å². The average molecular weight is 200 g/mol. The molecule has 0 amide bonds. The number of ether oxygens (including phenoxy) is 1. The molecular formula is C14H16O. The highest BCUT2D eigenvalue weighted by Gasteiger charge is 2.35. The van der Waals surface area contributed by atoms with Gasteiger partial charge in [-0.3, -0.25) is 0 Å². The molecule has 0 N–H and O–H groups in total. The van der Waals surface area contributed by atoms with Crippen LogP contribution in [0.2, 0.25) is 0 Å². The van der Waals surface area contributed by atoms with Gasteiger partial charge in [0.15, 0.2) is 0 Å². The van der Waals surface area contributed by atoms with E-state index in [0.717, 1.165) is 30.1 Å². The highest BCUT2D eigenvalue weighted by molar-refractivity contribution is 5.21. The first-order valence-electron chi connectivity index (χ1n) is 5.78. The summed E-state index contributed by atoms with van der Waals surface area (Å²) >= 11 is 0. The molecule has 2 aliphatic rings. The van der Waals surface area contributed by atoms with Gasteiger partial charge in [0.1, 0.15) is 5.75 Å². The number of allylic oxidation sites excluding steroid dienone is 2. The minimum Gasteiger partial charge on any atom is -0.493 e. The van der Waals surface area contributed by atoms with Crippen molar-refractivity contribution in [3.05, 3.63) is 42.5 Å². The molecule has 1 saturated carbocycles. The Morgan fingerprint density at radius 1 is 1.07 bits per heavy atom. The maximum atomic E-state index is 5.81. The lowest BCUT2D eigenvalue weighted by molar-refractivity contribution is 0.228. The Morgan fingerprint density at radius 2 is 1.93 bits per heavy atom. The van der Waals surface area contributed by atoms with Crippen LogP contribution in [0.25, 0.3) is 0 Å². The van der Waals surface area contributed by atoms with E-state index in [0.29, 0.717) is 0 Å². The zero-order valence-corrected chi connectivity index (χ0v) is 8.80. The van der Waals surface area contributed by atoms with Crippen molar-refractivity contribution < 1.29 is 4.74 Å². The number of fused-ring (bicyclic) bond motifs is 2. The Kier molecular flexibility index (Phi) is 2.24. The fourth-order valence-corrected chi connectivity index (χ4v) is 2.81. The summed E-state index contributed by atoms with van der Waals surface area (Å²) in [6.07, 6.45) is 7.45. The van der Waals surface area contributed by atoms with Crippen LogP contribution in [0.5, 0.6) is 5.75 Å². The van der Waals surface area contributed by atoms with Crippen molar-refractivity contribution in [2.45, 2.75) is 12.8 Å². The third-order valence-electron chi connectivity index (χ3n) is 3.62. The Balaban J connectivity index is 1.57. The summed E-state index contributed by atoms with van der Waals surface area (Å²) in [6.45, 7) is 0.884. The molecule has 2 aliphatic carbocycles. The van der Waals surface area contributed by atoms with Gasteiger partial charge >= 0.3 is 0 Å². The molecule has 0 spiro atoms. The van der Waals surface area contributed by atoms with E-state index in [9.17, 15) is 0 Å². The van der Waals surface area contributed by atoms with Crippen molar-refractivity contribution in [1.82, 2.24) is 0 Å². The number of para-hydroxylation sites is 1. The van der Waals surface area contributed by atoms with E-state index in [1.165, 1.54) is 12.8 Å². The van der Waals surface area contributed by atoms with Crippen LogP contribution >= 0.6 is 0 Å². The van der Waals surface area contributed by atoms with Gasteiger partial charge in [-0.25, -0.2) is 0 Å². The molecule has 3 atom stereocenters. The molecule has 0 aliphatic heterocycles. The van der Waals surface area contributed by atoms with Crippen molar-refractivity contribution in [1.29, 1.82) is 0 Å². The standard InChI is InChI=1S/C14H16O/c1-2-4-14(5-3-1)15-10-13-9-11-6-7-12(13)8-11/h1-7,11-13H,8-10H2/t11-,12-,13-/m0/s1. The lowest BCUT2D eigenvalue weighted by atomic mass is 9.95. The summed E-state index contributed by atoms with van der Waals surface area (Å²) < 4.78 is 5.81. The Hall–Kier alpha value is -1.24. The van der Waals surface area contributed by atoms with Crippen LogP contribution in [0.3, 0.4) is 0 Å². The number of rotatable bonds is 3. The Bertz CT molecular complexity index is 355. The number of hydrogen-bond donors (Lipinski definition) is 0. The summed E-state index contributed by atoms with van der Waals surface area (Å²) in [7, 11) is 0. The van der Waals surface area contributed by atoms with Gasteiger partial charge < -0.3 is 4.74 Å². The van der Waals surface area contributed by atoms with E-state index in [-0.39, 0.29) is 0 Å². The molecular weight excluding hydrogens is 184 g/mol. The third kappa shape index (κ3) is 1.79. The topological polar surface area (TPSA) is 9.23 Å². The first kappa shape index (κ1) is 9.02. The second kappa shape index (κ2) is 3.73. The maximum Gasteiger partial charge on any atom is 0.119 e. The minimum absolute atomic E-state index is 0.750. The van der Waals surface area contributed by atoms with Gasteiger partial charge in [0, 0.05) is 0 Å². The van der Waals surface area contributed by atoms with Gasteiger partial charge in [-0.1, -0.05) is 30.4 Å². The number of benzene rings is 1. The van der Waals surface area contributed by atoms with Gasteiger partial charge in [0.05, 0.1) is 6.61 Å². The van der Waals surface area contributed by atoms with Gasteiger partial charge in [-0.2, -0.15) is 0 Å². The molecule has 0 aromatic heterocycles. The largest absolute Gasteiger partial charge is 0.493 e. The van der Waals surface area contributed by atoms with Crippen LogP contribution < -0.4 is 4.74 Å². The van der Waals surface area contributed by atoms with Crippen LogP contribution in [0.4, 0.5) is 0 Å². The zero-order chi connectivity index (χ0) is 10.1. The SMILES string of the molecule is C1=C[C@H]2C[C@H]1C[C@H]2COc1ccccc1. The molecule has 1 heteroatoms. The average Bonchev–Trinajstić information content (AvgIpc) is 2.89. The normalized spacial score (nSPS) is 32.1. The van der Waals surface area contributed by atoms with Crippen molar-refractivity contribution in [3.8, 4) is 5.75 Å². The molecule has 0 saturated heterocycles. The quantitative estimate of drug-likeness (QED) is 0.680. The first-order valence-corrected chi connectivity index (χ1v) is 5.78. The van der Waals surface area contributed by atoms with Gasteiger partial charge in [-0.15, -0.1) is 0 Å². The molecule has 1 nitrogen and oxygen atoms in total. The smallest absolute Gasteiger partial charge is 0.119 e. The summed E-state index contributed by atoms with van der Waals surface area (Å²) in [5.74, 6) is 3.39. The van der Waals surface area contributed by atoms with Crippen LogP contribution in [-0.2, 0) is 0 Å². The van der Waals surface area contributed by atoms with E-state index < -0.39 is 0 Å². The van der Waals surface area contributed by atoms with E-state index >= 15 is 0 Å². The molecule has 0 unspecified atom stereocenters. The van der Waals surface area contributed by atoms with Gasteiger partial charge in [-0.05, 0) is 42.7 Å². The molecule has 1 aromatic carbocycles. The fraction of sp³-hybridized carbons (Fsp3) is 0.429. The summed E-state index contributed by atoms with van der Waals surface area (Å²) in [5.41, 5.74) is 0. The minimum atomic E-state index is 0.750. The Morgan fingerprint density at radius 3 is 2.60 bits per heavy atom. The summed E-state index contributed by atoms with van der Waals surface area (Å²) in [4.78, 5) is 0. The molecule has 0 heterocycles. The number of hydrogen-bond acceptors (Lipinski definition) is 1. The highest BCUT2D eigenvalue weighted by Crippen LogP contribution is 2.43. The van der Waals surface area contributed by atoms with E-state index in [4.69, 9.17) is 4.74 Å². The lowest BCUT2D eigenvalue weighted by Gasteiger charge is -2.18. The van der Waals surface area contributed by atoms with E-state index in [1.54, 1.807) is 0 Å². The molecule has 15 heavy (non-hydrogen) atoms. The molecule has 1 aromatic rings. The molecule has 3 rings (SSSR count). The molecule has 0 radical (unpaired) electrons. The molecule has 1 fully saturated rings.